The van der Waals surface area contributed by atoms with Crippen molar-refractivity contribution in [1.82, 2.24) is 4.90 Å². The number of likely N-dealkylation sites (tertiary alicyclic amines) is 1. The Balaban J connectivity index is 1.75. The van der Waals surface area contributed by atoms with Crippen LogP contribution in [0.5, 0.6) is 0 Å². The van der Waals surface area contributed by atoms with Gasteiger partial charge in [0.15, 0.2) is 0 Å². The van der Waals surface area contributed by atoms with Gasteiger partial charge in [0.1, 0.15) is 5.82 Å². The van der Waals surface area contributed by atoms with Crippen molar-refractivity contribution in [1.29, 1.82) is 0 Å². The van der Waals surface area contributed by atoms with E-state index in [-0.39, 0.29) is 11.7 Å². The minimum Gasteiger partial charge on any atom is -0.481 e. The van der Waals surface area contributed by atoms with E-state index in [9.17, 15) is 9.18 Å². The van der Waals surface area contributed by atoms with Crippen molar-refractivity contribution in [2.45, 2.75) is 18.9 Å². The van der Waals surface area contributed by atoms with Gasteiger partial charge in [0.25, 0.3) is 0 Å². The Kier molecular flexibility index (Phi) is 2.40. The number of aryl methyl sites for hydroxylation is 1. The predicted molar refractivity (Wildman–Crippen MR) is 60.2 cm³/mol. The molecule has 1 unspecified atom stereocenters. The third-order valence-electron chi connectivity index (χ3n) is 3.85. The first-order valence-electron chi connectivity index (χ1n) is 5.90. The molecule has 0 amide bonds. The fraction of sp³-hybridized carbons (Fsp3) is 0.462. The Morgan fingerprint density at radius 2 is 2.18 bits per heavy atom. The molecule has 1 aliphatic heterocycles. The van der Waals surface area contributed by atoms with E-state index in [2.05, 4.69) is 4.90 Å². The average molecular weight is 235 g/mol. The molecule has 0 saturated carbocycles. The van der Waals surface area contributed by atoms with Crippen molar-refractivity contribution in [3.05, 3.63) is 35.1 Å². The van der Waals surface area contributed by atoms with Crippen LogP contribution in [0.15, 0.2) is 18.2 Å². The number of carboxylic acid groups (broad SMARTS) is 1. The number of fused-ring (bicyclic) bond motifs is 1. The largest absolute Gasteiger partial charge is 0.481 e. The lowest BCUT2D eigenvalue weighted by atomic mass is 9.95. The fourth-order valence-electron chi connectivity index (χ4n) is 2.87. The van der Waals surface area contributed by atoms with E-state index in [1.807, 2.05) is 6.07 Å². The Morgan fingerprint density at radius 3 is 2.88 bits per heavy atom. The molecule has 1 saturated heterocycles. The van der Waals surface area contributed by atoms with Crippen LogP contribution in [0.4, 0.5) is 4.39 Å². The van der Waals surface area contributed by atoms with Crippen molar-refractivity contribution in [3.8, 4) is 0 Å². The molecule has 17 heavy (non-hydrogen) atoms. The molecule has 1 fully saturated rings. The van der Waals surface area contributed by atoms with Crippen LogP contribution in [-0.4, -0.2) is 29.1 Å². The van der Waals surface area contributed by atoms with Gasteiger partial charge in [-0.2, -0.15) is 0 Å². The van der Waals surface area contributed by atoms with Gasteiger partial charge in [0.2, 0.25) is 0 Å². The van der Waals surface area contributed by atoms with Crippen LogP contribution in [0.1, 0.15) is 23.6 Å². The standard InChI is InChI=1S/C13H14FNO2/c14-10-2-3-11-8(5-10)1-4-12(11)15-6-9(7-15)13(16)17/h2-3,5,9,12H,1,4,6-7H2,(H,16,17). The third-order valence-corrected chi connectivity index (χ3v) is 3.85. The first-order chi connectivity index (χ1) is 8.15. The highest BCUT2D eigenvalue weighted by Crippen LogP contribution is 2.39. The topological polar surface area (TPSA) is 40.5 Å². The molecule has 3 rings (SSSR count). The molecule has 90 valence electrons. The zero-order chi connectivity index (χ0) is 12.0. The Labute approximate surface area is 98.9 Å². The lowest BCUT2D eigenvalue weighted by Crippen LogP contribution is -2.51. The maximum absolute atomic E-state index is 13.1. The van der Waals surface area contributed by atoms with Crippen LogP contribution in [0.2, 0.25) is 0 Å². The summed E-state index contributed by atoms with van der Waals surface area (Å²) in [4.78, 5) is 12.9. The van der Waals surface area contributed by atoms with Crippen LogP contribution in [-0.2, 0) is 11.2 Å². The molecular formula is C13H14FNO2. The van der Waals surface area contributed by atoms with Crippen molar-refractivity contribution < 1.29 is 14.3 Å². The monoisotopic (exact) mass is 235 g/mol. The summed E-state index contributed by atoms with van der Waals surface area (Å²) < 4.78 is 13.1. The minimum atomic E-state index is -0.710. The highest BCUT2D eigenvalue weighted by Gasteiger charge is 2.39. The van der Waals surface area contributed by atoms with E-state index in [0.29, 0.717) is 19.1 Å². The summed E-state index contributed by atoms with van der Waals surface area (Å²) >= 11 is 0. The van der Waals surface area contributed by atoms with E-state index < -0.39 is 5.97 Å². The van der Waals surface area contributed by atoms with Crippen LogP contribution in [0.25, 0.3) is 0 Å². The molecule has 0 aromatic heterocycles. The Hall–Kier alpha value is -1.42. The van der Waals surface area contributed by atoms with E-state index >= 15 is 0 Å². The number of benzene rings is 1. The molecule has 1 N–H and O–H groups in total. The second-order valence-corrected chi connectivity index (χ2v) is 4.89. The summed E-state index contributed by atoms with van der Waals surface area (Å²) in [6, 6.07) is 5.23. The first kappa shape index (κ1) is 10.7. The SMILES string of the molecule is O=C(O)C1CN(C2CCc3cc(F)ccc32)C1. The van der Waals surface area contributed by atoms with Crippen LogP contribution in [0, 0.1) is 11.7 Å². The van der Waals surface area contributed by atoms with Crippen LogP contribution < -0.4 is 0 Å². The maximum atomic E-state index is 13.1. The molecule has 1 aliphatic carbocycles. The molecule has 2 aliphatic rings. The van der Waals surface area contributed by atoms with Gasteiger partial charge in [-0.25, -0.2) is 4.39 Å². The molecule has 0 radical (unpaired) electrons. The van der Waals surface area contributed by atoms with Crippen molar-refractivity contribution >= 4 is 5.97 Å². The summed E-state index contributed by atoms with van der Waals surface area (Å²) in [5.74, 6) is -1.12. The molecule has 1 aromatic carbocycles. The number of carboxylic acids is 1. The van der Waals surface area contributed by atoms with E-state index in [1.54, 1.807) is 6.07 Å². The van der Waals surface area contributed by atoms with Gasteiger partial charge in [-0.3, -0.25) is 9.69 Å². The molecule has 4 heteroatoms. The summed E-state index contributed by atoms with van der Waals surface area (Å²) in [5.41, 5.74) is 2.25. The number of hydrogen-bond donors (Lipinski definition) is 1. The third kappa shape index (κ3) is 1.72. The number of halogens is 1. The van der Waals surface area contributed by atoms with Gasteiger partial charge in [-0.05, 0) is 36.1 Å². The quantitative estimate of drug-likeness (QED) is 0.850. The zero-order valence-corrected chi connectivity index (χ0v) is 9.40. The minimum absolute atomic E-state index is 0.184. The molecule has 1 atom stereocenters. The van der Waals surface area contributed by atoms with E-state index in [1.165, 1.54) is 11.6 Å². The van der Waals surface area contributed by atoms with Crippen LogP contribution in [0.3, 0.4) is 0 Å². The smallest absolute Gasteiger partial charge is 0.309 e. The van der Waals surface area contributed by atoms with Crippen molar-refractivity contribution in [2.75, 3.05) is 13.1 Å². The second-order valence-electron chi connectivity index (χ2n) is 4.89. The highest BCUT2D eigenvalue weighted by atomic mass is 19.1. The summed E-state index contributed by atoms with van der Waals surface area (Å²) in [7, 11) is 0. The van der Waals surface area contributed by atoms with Gasteiger partial charge >= 0.3 is 5.97 Å². The molecule has 1 aromatic rings. The summed E-state index contributed by atoms with van der Waals surface area (Å²) in [6.07, 6.45) is 1.87. The van der Waals surface area contributed by atoms with Gasteiger partial charge in [0, 0.05) is 19.1 Å². The van der Waals surface area contributed by atoms with Crippen molar-refractivity contribution in [3.63, 3.8) is 0 Å². The number of carbonyl (C=O) groups is 1. The lowest BCUT2D eigenvalue weighted by Gasteiger charge is -2.41. The highest BCUT2D eigenvalue weighted by molar-refractivity contribution is 5.71. The van der Waals surface area contributed by atoms with Gasteiger partial charge < -0.3 is 5.11 Å². The average Bonchev–Trinajstić information content (AvgIpc) is 2.58. The fourth-order valence-corrected chi connectivity index (χ4v) is 2.87. The van der Waals surface area contributed by atoms with Gasteiger partial charge in [-0.15, -0.1) is 0 Å². The van der Waals surface area contributed by atoms with Gasteiger partial charge in [0.05, 0.1) is 5.92 Å². The summed E-state index contributed by atoms with van der Waals surface area (Å²) in [6.45, 7) is 1.24. The zero-order valence-electron chi connectivity index (χ0n) is 9.40. The van der Waals surface area contributed by atoms with E-state index in [0.717, 1.165) is 18.4 Å². The second kappa shape index (κ2) is 3.81. The molecular weight excluding hydrogens is 221 g/mol. The Bertz CT molecular complexity index is 468. The van der Waals surface area contributed by atoms with Crippen molar-refractivity contribution in [2.24, 2.45) is 5.92 Å². The number of hydrogen-bond acceptors (Lipinski definition) is 2. The van der Waals surface area contributed by atoms with Gasteiger partial charge in [-0.1, -0.05) is 6.07 Å². The maximum Gasteiger partial charge on any atom is 0.309 e. The number of nitrogens with zero attached hydrogens (tertiary/aromatic N) is 1. The molecule has 1 heterocycles. The first-order valence-corrected chi connectivity index (χ1v) is 5.90. The number of aliphatic carboxylic acids is 1. The summed E-state index contributed by atoms with van der Waals surface area (Å²) in [5, 5.41) is 8.85. The molecule has 0 bridgehead atoms. The predicted octanol–water partition coefficient (Wildman–Crippen LogP) is 1.83. The van der Waals surface area contributed by atoms with Crippen LogP contribution >= 0.6 is 0 Å². The number of rotatable bonds is 2. The van der Waals surface area contributed by atoms with E-state index in [4.69, 9.17) is 5.11 Å². The normalized spacial score (nSPS) is 24.4. The molecule has 0 spiro atoms. The Morgan fingerprint density at radius 1 is 1.41 bits per heavy atom. The molecule has 3 nitrogen and oxygen atoms in total. The lowest BCUT2D eigenvalue weighted by molar-refractivity contribution is -0.148.